The summed E-state index contributed by atoms with van der Waals surface area (Å²) in [6, 6.07) is 9.63. The molecular formula is C23H29N3O3. The van der Waals surface area contributed by atoms with E-state index in [0.717, 1.165) is 43.9 Å². The summed E-state index contributed by atoms with van der Waals surface area (Å²) in [5, 5.41) is 2.94. The van der Waals surface area contributed by atoms with Crippen molar-refractivity contribution in [3.05, 3.63) is 53.2 Å². The molecule has 0 spiro atoms. The molecule has 1 saturated heterocycles. The third-order valence-electron chi connectivity index (χ3n) is 5.43. The van der Waals surface area contributed by atoms with Gasteiger partial charge in [-0.25, -0.2) is 4.98 Å². The van der Waals surface area contributed by atoms with Crippen LogP contribution in [-0.2, 0) is 16.0 Å². The average molecular weight is 396 g/mol. The quantitative estimate of drug-likeness (QED) is 0.749. The summed E-state index contributed by atoms with van der Waals surface area (Å²) in [6.07, 6.45) is 4.10. The fraction of sp³-hybridized carbons (Fsp3) is 0.435. The van der Waals surface area contributed by atoms with Crippen LogP contribution in [-0.4, -0.2) is 36.6 Å². The van der Waals surface area contributed by atoms with Gasteiger partial charge in [0.1, 0.15) is 5.82 Å². The second-order valence-corrected chi connectivity index (χ2v) is 7.37. The van der Waals surface area contributed by atoms with E-state index in [2.05, 4.69) is 29.0 Å². The monoisotopic (exact) mass is 395 g/mol. The third-order valence-corrected chi connectivity index (χ3v) is 5.43. The fourth-order valence-corrected chi connectivity index (χ4v) is 3.69. The number of nitrogens with one attached hydrogen (secondary N) is 1. The molecule has 3 rings (SSSR count). The number of hydrogen-bond acceptors (Lipinski definition) is 5. The normalized spacial score (nSPS) is 14.5. The van der Waals surface area contributed by atoms with Gasteiger partial charge in [-0.15, -0.1) is 0 Å². The van der Waals surface area contributed by atoms with Crippen molar-refractivity contribution in [2.45, 2.75) is 40.0 Å². The topological polar surface area (TPSA) is 71.5 Å². The molecule has 6 nitrogen and oxygen atoms in total. The molecule has 2 aromatic rings. The Labute approximate surface area is 172 Å². The molecule has 1 aromatic carbocycles. The van der Waals surface area contributed by atoms with Crippen LogP contribution >= 0.6 is 0 Å². The number of hydrogen-bond donors (Lipinski definition) is 1. The molecular weight excluding hydrogens is 366 g/mol. The Bertz CT molecular complexity index is 856. The number of pyridine rings is 1. The van der Waals surface area contributed by atoms with E-state index in [1.54, 1.807) is 12.3 Å². The lowest BCUT2D eigenvalue weighted by Crippen LogP contribution is -2.37. The predicted molar refractivity (Wildman–Crippen MR) is 114 cm³/mol. The van der Waals surface area contributed by atoms with E-state index in [0.29, 0.717) is 12.2 Å². The summed E-state index contributed by atoms with van der Waals surface area (Å²) in [5.41, 5.74) is 3.76. The summed E-state index contributed by atoms with van der Waals surface area (Å²) in [5.74, 6) is 0.522. The van der Waals surface area contributed by atoms with Crippen LogP contribution in [0.15, 0.2) is 36.5 Å². The zero-order valence-corrected chi connectivity index (χ0v) is 17.4. The fourth-order valence-electron chi connectivity index (χ4n) is 3.69. The smallest absolute Gasteiger partial charge is 0.309 e. The second-order valence-electron chi connectivity index (χ2n) is 7.37. The molecule has 1 aliphatic heterocycles. The largest absolute Gasteiger partial charge is 0.466 e. The van der Waals surface area contributed by atoms with E-state index >= 15 is 0 Å². The van der Waals surface area contributed by atoms with Crippen molar-refractivity contribution in [1.82, 2.24) is 4.98 Å². The first-order valence-electron chi connectivity index (χ1n) is 10.3. The number of ether oxygens (including phenoxy) is 1. The summed E-state index contributed by atoms with van der Waals surface area (Å²) >= 11 is 0. The van der Waals surface area contributed by atoms with Crippen molar-refractivity contribution in [3.63, 3.8) is 0 Å². The van der Waals surface area contributed by atoms with Crippen molar-refractivity contribution >= 4 is 23.4 Å². The Balaban J connectivity index is 1.58. The van der Waals surface area contributed by atoms with E-state index in [9.17, 15) is 9.59 Å². The van der Waals surface area contributed by atoms with E-state index < -0.39 is 0 Å². The Kier molecular flexibility index (Phi) is 6.86. The van der Waals surface area contributed by atoms with Crippen LogP contribution in [0.2, 0.25) is 0 Å². The summed E-state index contributed by atoms with van der Waals surface area (Å²) in [6.45, 7) is 7.93. The standard InChI is InChI=1S/C23H29N3O3/c1-4-17-6-8-20(14-16(17)3)25-22(27)19-7-9-21(24-15-19)26-12-10-18(11-13-26)23(28)29-5-2/h6-9,14-15,18H,4-5,10-13H2,1-3H3,(H,25,27). The molecule has 0 aliphatic carbocycles. The molecule has 0 atom stereocenters. The number of rotatable bonds is 6. The van der Waals surface area contributed by atoms with Gasteiger partial charge in [-0.3, -0.25) is 9.59 Å². The lowest BCUT2D eigenvalue weighted by atomic mass is 9.97. The van der Waals surface area contributed by atoms with E-state index in [1.165, 1.54) is 11.1 Å². The maximum atomic E-state index is 12.5. The molecule has 154 valence electrons. The van der Waals surface area contributed by atoms with Gasteiger partial charge in [0.2, 0.25) is 0 Å². The van der Waals surface area contributed by atoms with Gasteiger partial charge < -0.3 is 15.0 Å². The van der Waals surface area contributed by atoms with Gasteiger partial charge in [0.15, 0.2) is 0 Å². The van der Waals surface area contributed by atoms with E-state index in [4.69, 9.17) is 4.74 Å². The van der Waals surface area contributed by atoms with Gasteiger partial charge in [-0.05, 0) is 68.5 Å². The summed E-state index contributed by atoms with van der Waals surface area (Å²) in [7, 11) is 0. The van der Waals surface area contributed by atoms with Crippen molar-refractivity contribution in [3.8, 4) is 0 Å². The summed E-state index contributed by atoms with van der Waals surface area (Å²) in [4.78, 5) is 31.0. The molecule has 1 fully saturated rings. The van der Waals surface area contributed by atoms with Gasteiger partial charge in [0.25, 0.3) is 5.91 Å². The number of carbonyl (C=O) groups excluding carboxylic acids is 2. The van der Waals surface area contributed by atoms with Crippen LogP contribution in [0.25, 0.3) is 0 Å². The van der Waals surface area contributed by atoms with Crippen LogP contribution in [0.5, 0.6) is 0 Å². The molecule has 6 heteroatoms. The first-order chi connectivity index (χ1) is 14.0. The number of amides is 1. The number of nitrogens with zero attached hydrogens (tertiary/aromatic N) is 2. The van der Waals surface area contributed by atoms with Crippen molar-refractivity contribution < 1.29 is 14.3 Å². The first-order valence-corrected chi connectivity index (χ1v) is 10.3. The number of benzene rings is 1. The molecule has 1 amide bonds. The van der Waals surface area contributed by atoms with Gasteiger partial charge in [-0.1, -0.05) is 13.0 Å². The average Bonchev–Trinajstić information content (AvgIpc) is 2.74. The van der Waals surface area contributed by atoms with Crippen LogP contribution in [0.3, 0.4) is 0 Å². The lowest BCUT2D eigenvalue weighted by Gasteiger charge is -2.31. The molecule has 1 N–H and O–H groups in total. The molecule has 1 aliphatic rings. The highest BCUT2D eigenvalue weighted by Gasteiger charge is 2.26. The van der Waals surface area contributed by atoms with Gasteiger partial charge in [-0.2, -0.15) is 0 Å². The van der Waals surface area contributed by atoms with Crippen molar-refractivity contribution in [1.29, 1.82) is 0 Å². The number of aromatic nitrogens is 1. The predicted octanol–water partition coefficient (Wildman–Crippen LogP) is 3.98. The number of aryl methyl sites for hydroxylation is 2. The molecule has 0 radical (unpaired) electrons. The van der Waals surface area contributed by atoms with Crippen molar-refractivity contribution in [2.24, 2.45) is 5.92 Å². The van der Waals surface area contributed by atoms with Crippen LogP contribution in [0.4, 0.5) is 11.5 Å². The highest BCUT2D eigenvalue weighted by atomic mass is 16.5. The first kappa shape index (κ1) is 20.8. The van der Waals surface area contributed by atoms with Gasteiger partial charge >= 0.3 is 5.97 Å². The molecule has 0 unspecified atom stereocenters. The zero-order chi connectivity index (χ0) is 20.8. The molecule has 2 heterocycles. The molecule has 0 bridgehead atoms. The van der Waals surface area contributed by atoms with Gasteiger partial charge in [0.05, 0.1) is 18.1 Å². The van der Waals surface area contributed by atoms with Gasteiger partial charge in [0, 0.05) is 25.0 Å². The van der Waals surface area contributed by atoms with Crippen LogP contribution in [0, 0.1) is 12.8 Å². The van der Waals surface area contributed by atoms with Crippen molar-refractivity contribution in [2.75, 3.05) is 29.9 Å². The van der Waals surface area contributed by atoms with E-state index in [-0.39, 0.29) is 17.8 Å². The minimum atomic E-state index is -0.172. The Hall–Kier alpha value is -2.89. The highest BCUT2D eigenvalue weighted by molar-refractivity contribution is 6.04. The highest BCUT2D eigenvalue weighted by Crippen LogP contribution is 2.23. The Morgan fingerprint density at radius 2 is 1.93 bits per heavy atom. The minimum Gasteiger partial charge on any atom is -0.466 e. The Morgan fingerprint density at radius 3 is 2.52 bits per heavy atom. The summed E-state index contributed by atoms with van der Waals surface area (Å²) < 4.78 is 5.12. The number of esters is 1. The minimum absolute atomic E-state index is 0.0289. The molecule has 29 heavy (non-hydrogen) atoms. The number of carbonyl (C=O) groups is 2. The zero-order valence-electron chi connectivity index (χ0n) is 17.4. The molecule has 0 saturated carbocycles. The third kappa shape index (κ3) is 5.13. The second kappa shape index (κ2) is 9.54. The maximum Gasteiger partial charge on any atom is 0.309 e. The SMILES string of the molecule is CCOC(=O)C1CCN(c2ccc(C(=O)Nc3ccc(CC)c(C)c3)cn2)CC1. The number of piperidine rings is 1. The number of anilines is 2. The maximum absolute atomic E-state index is 12.5. The van der Waals surface area contributed by atoms with E-state index in [1.807, 2.05) is 31.2 Å². The van der Waals surface area contributed by atoms with Crippen LogP contribution < -0.4 is 10.2 Å². The Morgan fingerprint density at radius 1 is 1.17 bits per heavy atom. The molecule has 1 aromatic heterocycles. The lowest BCUT2D eigenvalue weighted by molar-refractivity contribution is -0.148. The van der Waals surface area contributed by atoms with Crippen LogP contribution in [0.1, 0.15) is 48.2 Å².